The molecule has 7 nitrogen and oxygen atoms in total. The van der Waals surface area contributed by atoms with Crippen LogP contribution in [0.15, 0.2) is 108 Å². The summed E-state index contributed by atoms with van der Waals surface area (Å²) in [6, 6.07) is 29.5. The monoisotopic (exact) mass is 740 g/mol. The molecule has 0 spiro atoms. The van der Waals surface area contributed by atoms with Crippen molar-refractivity contribution in [1.29, 1.82) is 10.5 Å². The molecule has 6 rings (SSSR count). The summed E-state index contributed by atoms with van der Waals surface area (Å²) in [6.45, 7) is 0.252. The van der Waals surface area contributed by atoms with Crippen molar-refractivity contribution in [1.82, 2.24) is 9.29 Å². The average Bonchev–Trinajstić information content (AvgIpc) is 3.47. The number of rotatable bonds is 10. The van der Waals surface area contributed by atoms with E-state index in [1.165, 1.54) is 64.6 Å². The zero-order chi connectivity index (χ0) is 36.2. The zero-order valence-electron chi connectivity index (χ0n) is 26.2. The van der Waals surface area contributed by atoms with Crippen molar-refractivity contribution in [2.24, 2.45) is 0 Å². The highest BCUT2D eigenvalue weighted by Gasteiger charge is 2.28. The number of nitrogens with zero attached hydrogens (tertiary/aromatic N) is 3. The van der Waals surface area contributed by atoms with Gasteiger partial charge in [-0.05, 0) is 78.3 Å². The van der Waals surface area contributed by atoms with Crippen LogP contribution in [0.1, 0.15) is 33.5 Å². The summed E-state index contributed by atoms with van der Waals surface area (Å²) in [5, 5.41) is 23.6. The Morgan fingerprint density at radius 2 is 1.59 bits per heavy atom. The fourth-order valence-electron chi connectivity index (χ4n) is 5.80. The molecule has 1 atom stereocenters. The molecule has 0 fully saturated rings. The number of carbonyl (C=O) groups excluding carboxylic acids is 1. The van der Waals surface area contributed by atoms with Crippen molar-refractivity contribution in [3.05, 3.63) is 136 Å². The van der Waals surface area contributed by atoms with Gasteiger partial charge in [0.05, 0.1) is 39.4 Å². The summed E-state index contributed by atoms with van der Waals surface area (Å²) >= 11 is 7.32. The highest BCUT2D eigenvalue weighted by molar-refractivity contribution is 7.93. The van der Waals surface area contributed by atoms with Gasteiger partial charge in [-0.2, -0.15) is 10.5 Å². The molecule has 0 bridgehead atoms. The molecule has 0 aliphatic heterocycles. The highest BCUT2D eigenvalue weighted by atomic mass is 35.5. The summed E-state index contributed by atoms with van der Waals surface area (Å²) in [5.41, 5.74) is 2.93. The van der Waals surface area contributed by atoms with Crippen LogP contribution in [0.3, 0.4) is 0 Å². The van der Waals surface area contributed by atoms with Crippen LogP contribution in [-0.2, 0) is 11.0 Å². The first-order valence-corrected chi connectivity index (χ1v) is 17.6. The molecule has 1 heterocycles. The predicted octanol–water partition coefficient (Wildman–Crippen LogP) is 9.62. The number of carbonyl (C=O) groups is 1. The van der Waals surface area contributed by atoms with E-state index in [1.807, 2.05) is 0 Å². The molecule has 5 aromatic carbocycles. The Kier molecular flexibility index (Phi) is 10.6. The number of amides is 1. The number of nitrogens with one attached hydrogen (secondary N) is 1. The molecule has 0 radical (unpaired) electrons. The molecule has 1 amide bonds. The normalized spacial score (nSPS) is 11.7. The second-order valence-corrected chi connectivity index (χ2v) is 13.5. The number of benzene rings is 5. The molecule has 13 heteroatoms. The Morgan fingerprint density at radius 3 is 2.24 bits per heavy atom. The number of fused-ring (bicyclic) bond motifs is 1. The van der Waals surface area contributed by atoms with Crippen molar-refractivity contribution < 1.29 is 26.7 Å². The lowest BCUT2D eigenvalue weighted by Gasteiger charge is -2.15. The van der Waals surface area contributed by atoms with Crippen LogP contribution in [0.25, 0.3) is 44.4 Å². The largest absolute Gasteiger partial charge is 0.351 e. The molecular weight excluding hydrogens is 717 g/mol. The van der Waals surface area contributed by atoms with E-state index in [4.69, 9.17) is 16.2 Å². The standard InChI is InChI=1S/C38H24ClF3N4O3S2/c39-32-18-25(38(47)45-15-16-50-48)9-13-30(32)23-3-1-4-24(17-23)36-35(34-26(20-43)5-2-6-27(34)21-44)31-19-28(40)10-14-33(31)46(36)51(49)29-11-7-22(8-12-29)37(41)42/h1-14,17-19,37,48H,15-16H2,(H,45,47). The Hall–Kier alpha value is -5.37. The summed E-state index contributed by atoms with van der Waals surface area (Å²) < 4.78 is 66.8. The number of aromatic nitrogens is 1. The Bertz CT molecular complexity index is 2390. The minimum Gasteiger partial charge on any atom is -0.351 e. The van der Waals surface area contributed by atoms with E-state index in [-0.39, 0.29) is 61.3 Å². The first-order valence-electron chi connectivity index (χ1n) is 15.2. The number of halogens is 4. The molecule has 51 heavy (non-hydrogen) atoms. The number of alkyl halides is 2. The van der Waals surface area contributed by atoms with E-state index in [0.717, 1.165) is 0 Å². The number of hydrogen-bond acceptors (Lipinski definition) is 6. The van der Waals surface area contributed by atoms with Crippen LogP contribution in [0.4, 0.5) is 13.2 Å². The smallest absolute Gasteiger partial charge is 0.263 e. The maximum atomic E-state index is 15.0. The Labute approximate surface area is 302 Å². The Balaban J connectivity index is 1.62. The van der Waals surface area contributed by atoms with E-state index in [2.05, 4.69) is 17.5 Å². The third-order valence-corrected chi connectivity index (χ3v) is 10.2. The van der Waals surface area contributed by atoms with Gasteiger partial charge in [-0.15, -0.1) is 0 Å². The van der Waals surface area contributed by atoms with E-state index in [1.54, 1.807) is 42.5 Å². The van der Waals surface area contributed by atoms with Crippen molar-refractivity contribution in [3.8, 4) is 45.6 Å². The summed E-state index contributed by atoms with van der Waals surface area (Å²) in [6.07, 6.45) is -2.74. The number of nitriles is 2. The molecule has 1 aromatic heterocycles. The van der Waals surface area contributed by atoms with Gasteiger partial charge in [0.25, 0.3) is 12.3 Å². The van der Waals surface area contributed by atoms with E-state index < -0.39 is 23.2 Å². The fourth-order valence-corrected chi connectivity index (χ4v) is 7.57. The minimum atomic E-state index is -2.74. The zero-order valence-corrected chi connectivity index (χ0v) is 28.6. The van der Waals surface area contributed by atoms with Gasteiger partial charge in [0.1, 0.15) is 5.82 Å². The van der Waals surface area contributed by atoms with Crippen LogP contribution in [0, 0.1) is 28.5 Å². The maximum Gasteiger partial charge on any atom is 0.263 e. The van der Waals surface area contributed by atoms with Crippen molar-refractivity contribution in [2.45, 2.75) is 11.3 Å². The van der Waals surface area contributed by atoms with Gasteiger partial charge < -0.3 is 9.87 Å². The molecule has 0 aliphatic carbocycles. The van der Waals surface area contributed by atoms with E-state index >= 15 is 4.39 Å². The molecule has 6 aromatic rings. The van der Waals surface area contributed by atoms with Crippen LogP contribution < -0.4 is 5.32 Å². The summed E-state index contributed by atoms with van der Waals surface area (Å²) in [7, 11) is -2.10. The van der Waals surface area contributed by atoms with Gasteiger partial charge in [0, 0.05) is 56.1 Å². The summed E-state index contributed by atoms with van der Waals surface area (Å²) in [5.74, 6) is -0.677. The molecule has 0 saturated heterocycles. The van der Waals surface area contributed by atoms with Crippen LogP contribution in [0.5, 0.6) is 0 Å². The van der Waals surface area contributed by atoms with Gasteiger partial charge in [-0.3, -0.25) is 8.77 Å². The lowest BCUT2D eigenvalue weighted by Crippen LogP contribution is -2.25. The van der Waals surface area contributed by atoms with Crippen molar-refractivity contribution in [3.63, 3.8) is 0 Å². The molecular formula is C38H24ClF3N4O3S2. The topological polar surface area (TPSA) is 119 Å². The van der Waals surface area contributed by atoms with Crippen molar-refractivity contribution in [2.75, 3.05) is 12.3 Å². The van der Waals surface area contributed by atoms with Gasteiger partial charge in [-0.1, -0.05) is 54.1 Å². The van der Waals surface area contributed by atoms with E-state index in [0.29, 0.717) is 45.6 Å². The third kappa shape index (κ3) is 7.00. The average molecular weight is 741 g/mol. The van der Waals surface area contributed by atoms with Gasteiger partial charge in [0.2, 0.25) is 0 Å². The first kappa shape index (κ1) is 35.5. The quantitative estimate of drug-likeness (QED) is 0.107. The number of hydrogen-bond donors (Lipinski definition) is 2. The van der Waals surface area contributed by atoms with Crippen molar-refractivity contribution >= 4 is 51.4 Å². The van der Waals surface area contributed by atoms with Gasteiger partial charge in [-0.25, -0.2) is 17.4 Å². The van der Waals surface area contributed by atoms with Gasteiger partial charge in [0.15, 0.2) is 11.0 Å². The first-order chi connectivity index (χ1) is 24.7. The fraction of sp³-hybridized carbons (Fsp3) is 0.0789. The maximum absolute atomic E-state index is 15.0. The molecule has 0 aliphatic rings. The molecule has 0 saturated carbocycles. The second kappa shape index (κ2) is 15.3. The third-order valence-electron chi connectivity index (χ3n) is 8.10. The Morgan fingerprint density at radius 1 is 0.902 bits per heavy atom. The SMILES string of the molecule is N#Cc1cccc(C#N)c1-c1c(-c2cccc(-c3ccc(C(=O)NCCSO)cc3Cl)c2)n(S(=O)c2ccc(C(F)F)cc2)c2ccc(F)cc12. The second-order valence-electron chi connectivity index (χ2n) is 11.1. The van der Waals surface area contributed by atoms with Crippen LogP contribution in [0.2, 0.25) is 5.02 Å². The lowest BCUT2D eigenvalue weighted by molar-refractivity contribution is 0.0956. The minimum absolute atomic E-state index is 0.122. The molecule has 1 unspecified atom stereocenters. The predicted molar refractivity (Wildman–Crippen MR) is 193 cm³/mol. The van der Waals surface area contributed by atoms with E-state index in [9.17, 15) is 28.3 Å². The van der Waals surface area contributed by atoms with Crippen LogP contribution in [-0.4, -0.2) is 30.9 Å². The summed E-state index contributed by atoms with van der Waals surface area (Å²) in [4.78, 5) is 12.8. The molecule has 254 valence electrons. The van der Waals surface area contributed by atoms with Gasteiger partial charge >= 0.3 is 0 Å². The lowest BCUT2D eigenvalue weighted by atomic mass is 9.90. The molecule has 2 N–H and O–H groups in total. The highest BCUT2D eigenvalue weighted by Crippen LogP contribution is 2.45. The van der Waals surface area contributed by atoms with Crippen LogP contribution >= 0.6 is 23.6 Å².